The minimum atomic E-state index is 0.147. The standard InChI is InChI=1S/C14H18N2O/c15-13-8-6-11(7-9-13)10-16-14(17)12-4-2-1-3-5-12/h1-2,6-9,12H,3-5,10,15H2,(H,16,17). The predicted molar refractivity (Wildman–Crippen MR) is 69.2 cm³/mol. The van der Waals surface area contributed by atoms with Gasteiger partial charge in [-0.05, 0) is 37.0 Å². The van der Waals surface area contributed by atoms with Crippen molar-refractivity contribution in [1.29, 1.82) is 0 Å². The number of nitrogen functional groups attached to an aromatic ring is 1. The fourth-order valence-electron chi connectivity index (χ4n) is 2.00. The largest absolute Gasteiger partial charge is 0.399 e. The monoisotopic (exact) mass is 230 g/mol. The van der Waals surface area contributed by atoms with Gasteiger partial charge in [0.2, 0.25) is 5.91 Å². The zero-order valence-electron chi connectivity index (χ0n) is 9.86. The number of hydrogen-bond donors (Lipinski definition) is 2. The third-order valence-corrected chi connectivity index (χ3v) is 3.09. The summed E-state index contributed by atoms with van der Waals surface area (Å²) in [5, 5.41) is 2.97. The van der Waals surface area contributed by atoms with Crippen molar-refractivity contribution in [2.45, 2.75) is 25.8 Å². The maximum absolute atomic E-state index is 11.9. The number of amides is 1. The highest BCUT2D eigenvalue weighted by molar-refractivity contribution is 5.78. The minimum Gasteiger partial charge on any atom is -0.399 e. The summed E-state index contributed by atoms with van der Waals surface area (Å²) in [5.41, 5.74) is 7.43. The van der Waals surface area contributed by atoms with Crippen LogP contribution in [0.1, 0.15) is 24.8 Å². The molecule has 0 aromatic heterocycles. The molecule has 0 saturated carbocycles. The van der Waals surface area contributed by atoms with E-state index in [1.165, 1.54) is 0 Å². The molecular weight excluding hydrogens is 212 g/mol. The lowest BCUT2D eigenvalue weighted by molar-refractivity contribution is -0.125. The molecule has 1 unspecified atom stereocenters. The van der Waals surface area contributed by atoms with Crippen molar-refractivity contribution in [3.05, 3.63) is 42.0 Å². The Morgan fingerprint density at radius 3 is 2.71 bits per heavy atom. The first kappa shape index (κ1) is 11.7. The van der Waals surface area contributed by atoms with E-state index in [4.69, 9.17) is 5.73 Å². The van der Waals surface area contributed by atoms with Gasteiger partial charge in [-0.15, -0.1) is 0 Å². The Balaban J connectivity index is 1.83. The highest BCUT2D eigenvalue weighted by Crippen LogP contribution is 2.18. The van der Waals surface area contributed by atoms with Crippen molar-refractivity contribution < 1.29 is 4.79 Å². The lowest BCUT2D eigenvalue weighted by Crippen LogP contribution is -2.30. The molecule has 90 valence electrons. The molecule has 3 N–H and O–H groups in total. The average Bonchev–Trinajstić information content (AvgIpc) is 2.39. The van der Waals surface area contributed by atoms with E-state index in [1.807, 2.05) is 24.3 Å². The second-order valence-electron chi connectivity index (χ2n) is 4.44. The molecule has 0 aliphatic heterocycles. The lowest BCUT2D eigenvalue weighted by atomic mass is 9.93. The molecule has 1 aromatic rings. The van der Waals surface area contributed by atoms with Crippen molar-refractivity contribution in [2.24, 2.45) is 5.92 Å². The summed E-state index contributed by atoms with van der Waals surface area (Å²) in [6.45, 7) is 0.583. The molecule has 0 bridgehead atoms. The second-order valence-corrected chi connectivity index (χ2v) is 4.44. The summed E-state index contributed by atoms with van der Waals surface area (Å²) in [5.74, 6) is 0.306. The highest BCUT2D eigenvalue weighted by atomic mass is 16.1. The molecule has 3 heteroatoms. The summed E-state index contributed by atoms with van der Waals surface area (Å²) >= 11 is 0. The lowest BCUT2D eigenvalue weighted by Gasteiger charge is -2.17. The van der Waals surface area contributed by atoms with Crippen LogP contribution in [0, 0.1) is 5.92 Å². The number of allylic oxidation sites excluding steroid dienone is 2. The van der Waals surface area contributed by atoms with Gasteiger partial charge in [-0.25, -0.2) is 0 Å². The van der Waals surface area contributed by atoms with Gasteiger partial charge in [-0.2, -0.15) is 0 Å². The number of benzene rings is 1. The summed E-state index contributed by atoms with van der Waals surface area (Å²) in [4.78, 5) is 11.9. The van der Waals surface area contributed by atoms with E-state index in [9.17, 15) is 4.79 Å². The fourth-order valence-corrected chi connectivity index (χ4v) is 2.00. The molecule has 1 aliphatic rings. The van der Waals surface area contributed by atoms with E-state index < -0.39 is 0 Å². The van der Waals surface area contributed by atoms with Crippen LogP contribution in [0.5, 0.6) is 0 Å². The summed E-state index contributed by atoms with van der Waals surface area (Å²) < 4.78 is 0. The molecule has 1 aromatic carbocycles. The van der Waals surface area contributed by atoms with Crippen LogP contribution in [0.2, 0.25) is 0 Å². The Bertz CT molecular complexity index is 409. The van der Waals surface area contributed by atoms with Crippen molar-refractivity contribution in [3.8, 4) is 0 Å². The van der Waals surface area contributed by atoms with Crippen molar-refractivity contribution in [2.75, 3.05) is 5.73 Å². The molecule has 1 aliphatic carbocycles. The van der Waals surface area contributed by atoms with Gasteiger partial charge in [0.05, 0.1) is 0 Å². The number of carbonyl (C=O) groups excluding carboxylic acids is 1. The van der Waals surface area contributed by atoms with Crippen molar-refractivity contribution in [1.82, 2.24) is 5.32 Å². The number of nitrogens with one attached hydrogen (secondary N) is 1. The zero-order valence-corrected chi connectivity index (χ0v) is 9.86. The average molecular weight is 230 g/mol. The normalized spacial score (nSPS) is 18.9. The van der Waals surface area contributed by atoms with Crippen LogP contribution >= 0.6 is 0 Å². The van der Waals surface area contributed by atoms with Gasteiger partial charge in [0, 0.05) is 18.2 Å². The van der Waals surface area contributed by atoms with E-state index in [0.29, 0.717) is 6.54 Å². The fraction of sp³-hybridized carbons (Fsp3) is 0.357. The molecular formula is C14H18N2O. The zero-order chi connectivity index (χ0) is 12.1. The minimum absolute atomic E-state index is 0.147. The maximum Gasteiger partial charge on any atom is 0.223 e. The van der Waals surface area contributed by atoms with Crippen LogP contribution in [0.25, 0.3) is 0 Å². The maximum atomic E-state index is 11.9. The van der Waals surface area contributed by atoms with Crippen molar-refractivity contribution >= 4 is 11.6 Å². The molecule has 0 spiro atoms. The Labute approximate surface area is 102 Å². The Kier molecular flexibility index (Phi) is 3.81. The van der Waals surface area contributed by atoms with Crippen LogP contribution in [0.4, 0.5) is 5.69 Å². The predicted octanol–water partition coefficient (Wildman–Crippen LogP) is 2.24. The van der Waals surface area contributed by atoms with Crippen LogP contribution in [-0.4, -0.2) is 5.91 Å². The summed E-state index contributed by atoms with van der Waals surface area (Å²) in [6, 6.07) is 7.59. The highest BCUT2D eigenvalue weighted by Gasteiger charge is 2.17. The number of nitrogens with two attached hydrogens (primary N) is 1. The van der Waals surface area contributed by atoms with Gasteiger partial charge >= 0.3 is 0 Å². The molecule has 0 saturated heterocycles. The molecule has 2 rings (SSSR count). The number of carbonyl (C=O) groups is 1. The molecule has 0 heterocycles. The van der Waals surface area contributed by atoms with E-state index in [0.717, 1.165) is 30.5 Å². The molecule has 3 nitrogen and oxygen atoms in total. The third-order valence-electron chi connectivity index (χ3n) is 3.09. The first-order valence-electron chi connectivity index (χ1n) is 6.03. The number of anilines is 1. The van der Waals surface area contributed by atoms with E-state index >= 15 is 0 Å². The van der Waals surface area contributed by atoms with E-state index in [1.54, 1.807) is 0 Å². The van der Waals surface area contributed by atoms with Crippen LogP contribution in [-0.2, 0) is 11.3 Å². The molecule has 0 radical (unpaired) electrons. The van der Waals surface area contributed by atoms with Crippen LogP contribution in [0.15, 0.2) is 36.4 Å². The summed E-state index contributed by atoms with van der Waals surface area (Å²) in [6.07, 6.45) is 7.08. The van der Waals surface area contributed by atoms with Gasteiger partial charge in [0.25, 0.3) is 0 Å². The Morgan fingerprint density at radius 2 is 2.06 bits per heavy atom. The Hall–Kier alpha value is -1.77. The molecule has 17 heavy (non-hydrogen) atoms. The third kappa shape index (κ3) is 3.34. The molecule has 1 atom stereocenters. The number of hydrogen-bond acceptors (Lipinski definition) is 2. The SMILES string of the molecule is Nc1ccc(CNC(=O)C2CC=CCC2)cc1. The van der Waals surface area contributed by atoms with Crippen LogP contribution < -0.4 is 11.1 Å². The van der Waals surface area contributed by atoms with Gasteiger partial charge in [0.15, 0.2) is 0 Å². The first-order chi connectivity index (χ1) is 8.25. The smallest absolute Gasteiger partial charge is 0.223 e. The van der Waals surface area contributed by atoms with Gasteiger partial charge in [0.1, 0.15) is 0 Å². The quantitative estimate of drug-likeness (QED) is 0.618. The van der Waals surface area contributed by atoms with Crippen molar-refractivity contribution in [3.63, 3.8) is 0 Å². The van der Waals surface area contributed by atoms with Gasteiger partial charge in [-0.1, -0.05) is 24.3 Å². The van der Waals surface area contributed by atoms with Gasteiger partial charge in [-0.3, -0.25) is 4.79 Å². The Morgan fingerprint density at radius 1 is 1.29 bits per heavy atom. The second kappa shape index (κ2) is 5.53. The first-order valence-corrected chi connectivity index (χ1v) is 6.03. The van der Waals surface area contributed by atoms with E-state index in [2.05, 4.69) is 17.5 Å². The number of rotatable bonds is 3. The molecule has 1 amide bonds. The summed E-state index contributed by atoms with van der Waals surface area (Å²) in [7, 11) is 0. The topological polar surface area (TPSA) is 55.1 Å². The molecule has 0 fully saturated rings. The van der Waals surface area contributed by atoms with Crippen LogP contribution in [0.3, 0.4) is 0 Å². The van der Waals surface area contributed by atoms with E-state index in [-0.39, 0.29) is 11.8 Å². The van der Waals surface area contributed by atoms with Gasteiger partial charge < -0.3 is 11.1 Å².